The second-order valence-electron chi connectivity index (χ2n) is 8.97. The summed E-state index contributed by atoms with van der Waals surface area (Å²) >= 11 is 0. The van der Waals surface area contributed by atoms with Gasteiger partial charge in [-0.2, -0.15) is 0 Å². The summed E-state index contributed by atoms with van der Waals surface area (Å²) in [6, 6.07) is 14.8. The van der Waals surface area contributed by atoms with Crippen LogP contribution in [0.5, 0.6) is 0 Å². The number of ether oxygens (including phenoxy) is 1. The van der Waals surface area contributed by atoms with Gasteiger partial charge in [0, 0.05) is 30.4 Å². The maximum Gasteiger partial charge on any atom is 0.416 e. The minimum atomic E-state index is -0.550. The summed E-state index contributed by atoms with van der Waals surface area (Å²) in [4.78, 5) is 21.8. The summed E-state index contributed by atoms with van der Waals surface area (Å²) in [6.07, 6.45) is 3.61. The monoisotopic (exact) mass is 395 g/mol. The van der Waals surface area contributed by atoms with E-state index in [0.29, 0.717) is 5.82 Å². The minimum Gasteiger partial charge on any atom is -0.443 e. The quantitative estimate of drug-likeness (QED) is 0.664. The van der Waals surface area contributed by atoms with Gasteiger partial charge in [0.1, 0.15) is 11.4 Å². The van der Waals surface area contributed by atoms with Crippen molar-refractivity contribution in [3.8, 4) is 0 Å². The van der Waals surface area contributed by atoms with Crippen LogP contribution in [0, 0.1) is 0 Å². The molecule has 1 atom stereocenters. The Morgan fingerprint density at radius 1 is 1.21 bits per heavy atom. The molecule has 2 heterocycles. The number of pyridine rings is 1. The summed E-state index contributed by atoms with van der Waals surface area (Å²) in [5.41, 5.74) is 1.85. The first kappa shape index (κ1) is 21.3. The molecule has 1 fully saturated rings. The lowest BCUT2D eigenvalue weighted by atomic mass is 10.0. The zero-order valence-electron chi connectivity index (χ0n) is 18.3. The SMILES string of the molecule is CC(C)N(C(=O)OC(C)(C)C)c1ncccc1[C@@H]1CCCN1Cc1ccccc1. The predicted octanol–water partition coefficient (Wildman–Crippen LogP) is 5.57. The lowest BCUT2D eigenvalue weighted by Gasteiger charge is -2.33. The van der Waals surface area contributed by atoms with Crippen LogP contribution >= 0.6 is 0 Å². The van der Waals surface area contributed by atoms with Crippen molar-refractivity contribution in [1.82, 2.24) is 9.88 Å². The van der Waals surface area contributed by atoms with E-state index in [2.05, 4.69) is 40.2 Å². The second-order valence-corrected chi connectivity index (χ2v) is 8.97. The molecular formula is C24H33N3O2. The van der Waals surface area contributed by atoms with E-state index in [9.17, 15) is 4.79 Å². The molecule has 1 aromatic heterocycles. The number of carbonyl (C=O) groups is 1. The minimum absolute atomic E-state index is 0.0533. The molecule has 1 aromatic carbocycles. The third kappa shape index (κ3) is 5.36. The average Bonchev–Trinajstić information content (AvgIpc) is 3.09. The molecule has 1 aliphatic rings. The van der Waals surface area contributed by atoms with Crippen LogP contribution in [0.1, 0.15) is 64.6 Å². The molecule has 0 unspecified atom stereocenters. The fraction of sp³-hybridized carbons (Fsp3) is 0.500. The molecule has 0 spiro atoms. The Morgan fingerprint density at radius 2 is 1.93 bits per heavy atom. The lowest BCUT2D eigenvalue weighted by molar-refractivity contribution is 0.0568. The molecule has 29 heavy (non-hydrogen) atoms. The van der Waals surface area contributed by atoms with Gasteiger partial charge in [0.25, 0.3) is 0 Å². The van der Waals surface area contributed by atoms with Crippen molar-refractivity contribution in [1.29, 1.82) is 0 Å². The molecule has 0 aliphatic carbocycles. The Morgan fingerprint density at radius 3 is 2.59 bits per heavy atom. The molecule has 5 heteroatoms. The van der Waals surface area contributed by atoms with Crippen molar-refractivity contribution in [3.05, 3.63) is 59.8 Å². The fourth-order valence-electron chi connectivity index (χ4n) is 3.91. The van der Waals surface area contributed by atoms with Gasteiger partial charge in [0.2, 0.25) is 0 Å². The van der Waals surface area contributed by atoms with E-state index < -0.39 is 5.60 Å². The first-order chi connectivity index (χ1) is 13.8. The van der Waals surface area contributed by atoms with Gasteiger partial charge in [-0.25, -0.2) is 9.78 Å². The lowest BCUT2D eigenvalue weighted by Crippen LogP contribution is -2.42. The van der Waals surface area contributed by atoms with Gasteiger partial charge >= 0.3 is 6.09 Å². The van der Waals surface area contributed by atoms with Crippen LogP contribution in [0.2, 0.25) is 0 Å². The summed E-state index contributed by atoms with van der Waals surface area (Å²) < 4.78 is 5.69. The van der Waals surface area contributed by atoms with E-state index in [4.69, 9.17) is 4.74 Å². The molecule has 2 aromatic rings. The number of benzene rings is 1. The van der Waals surface area contributed by atoms with E-state index >= 15 is 0 Å². The molecule has 1 aliphatic heterocycles. The first-order valence-electron chi connectivity index (χ1n) is 10.5. The molecule has 5 nitrogen and oxygen atoms in total. The highest BCUT2D eigenvalue weighted by atomic mass is 16.6. The molecule has 1 saturated heterocycles. The Kier molecular flexibility index (Phi) is 6.58. The maximum absolute atomic E-state index is 13.0. The van der Waals surface area contributed by atoms with Crippen molar-refractivity contribution in [3.63, 3.8) is 0 Å². The Labute approximate surface area is 174 Å². The second kappa shape index (κ2) is 8.95. The number of likely N-dealkylation sites (tertiary alicyclic amines) is 1. The van der Waals surface area contributed by atoms with E-state index in [1.165, 1.54) is 5.56 Å². The van der Waals surface area contributed by atoms with Crippen LogP contribution in [0.3, 0.4) is 0 Å². The van der Waals surface area contributed by atoms with Gasteiger partial charge in [-0.05, 0) is 65.6 Å². The van der Waals surface area contributed by atoms with Crippen molar-refractivity contribution in [2.75, 3.05) is 11.4 Å². The molecule has 0 bridgehead atoms. The van der Waals surface area contributed by atoms with Crippen LogP contribution in [0.25, 0.3) is 0 Å². The highest BCUT2D eigenvalue weighted by Gasteiger charge is 2.33. The van der Waals surface area contributed by atoms with Crippen molar-refractivity contribution < 1.29 is 9.53 Å². The van der Waals surface area contributed by atoms with E-state index in [-0.39, 0.29) is 18.2 Å². The van der Waals surface area contributed by atoms with Gasteiger partial charge in [0.05, 0.1) is 0 Å². The van der Waals surface area contributed by atoms with E-state index in [1.54, 1.807) is 11.1 Å². The summed E-state index contributed by atoms with van der Waals surface area (Å²) in [7, 11) is 0. The smallest absolute Gasteiger partial charge is 0.416 e. The van der Waals surface area contributed by atoms with Gasteiger partial charge in [-0.1, -0.05) is 36.4 Å². The fourth-order valence-corrected chi connectivity index (χ4v) is 3.91. The third-order valence-electron chi connectivity index (χ3n) is 5.10. The predicted molar refractivity (Wildman–Crippen MR) is 117 cm³/mol. The number of carbonyl (C=O) groups excluding carboxylic acids is 1. The summed E-state index contributed by atoms with van der Waals surface area (Å²) in [5, 5.41) is 0. The van der Waals surface area contributed by atoms with Crippen LogP contribution in [0.15, 0.2) is 48.7 Å². The summed E-state index contributed by atoms with van der Waals surface area (Å²) in [6.45, 7) is 11.6. The number of rotatable bonds is 5. The van der Waals surface area contributed by atoms with Crippen molar-refractivity contribution in [2.24, 2.45) is 0 Å². The number of nitrogens with zero attached hydrogens (tertiary/aromatic N) is 3. The van der Waals surface area contributed by atoms with Gasteiger partial charge < -0.3 is 4.74 Å². The third-order valence-corrected chi connectivity index (χ3v) is 5.10. The molecule has 156 valence electrons. The molecular weight excluding hydrogens is 362 g/mol. The number of aromatic nitrogens is 1. The van der Waals surface area contributed by atoms with Crippen LogP contribution < -0.4 is 4.90 Å². The van der Waals surface area contributed by atoms with Gasteiger partial charge in [-0.3, -0.25) is 9.80 Å². The largest absolute Gasteiger partial charge is 0.443 e. The average molecular weight is 396 g/mol. The topological polar surface area (TPSA) is 45.7 Å². The van der Waals surface area contributed by atoms with Crippen LogP contribution in [0.4, 0.5) is 10.6 Å². The Hall–Kier alpha value is -2.40. The molecule has 0 N–H and O–H groups in total. The van der Waals surface area contributed by atoms with E-state index in [0.717, 1.165) is 31.5 Å². The molecule has 1 amide bonds. The Bertz CT molecular complexity index is 814. The highest BCUT2D eigenvalue weighted by molar-refractivity contribution is 5.88. The number of hydrogen-bond acceptors (Lipinski definition) is 4. The molecule has 0 radical (unpaired) electrons. The first-order valence-corrected chi connectivity index (χ1v) is 10.5. The van der Waals surface area contributed by atoms with Crippen LogP contribution in [-0.4, -0.2) is 34.2 Å². The molecule has 3 rings (SSSR count). The zero-order valence-corrected chi connectivity index (χ0v) is 18.3. The standard InChI is InChI=1S/C24H33N3O2/c1-18(2)27(23(28)29-24(3,4)5)22-20(13-9-15-25-22)21-14-10-16-26(21)17-19-11-7-6-8-12-19/h6-9,11-13,15,18,21H,10,14,16-17H2,1-5H3/t21-/m0/s1. The summed E-state index contributed by atoms with van der Waals surface area (Å²) in [5.74, 6) is 0.710. The normalized spacial score (nSPS) is 17.5. The van der Waals surface area contributed by atoms with Crippen LogP contribution in [-0.2, 0) is 11.3 Å². The van der Waals surface area contributed by atoms with Crippen molar-refractivity contribution >= 4 is 11.9 Å². The van der Waals surface area contributed by atoms with Gasteiger partial charge in [-0.15, -0.1) is 0 Å². The van der Waals surface area contributed by atoms with Crippen molar-refractivity contribution in [2.45, 2.75) is 71.7 Å². The number of hydrogen-bond donors (Lipinski definition) is 0. The molecule has 0 saturated carbocycles. The van der Waals surface area contributed by atoms with Gasteiger partial charge in [0.15, 0.2) is 0 Å². The highest BCUT2D eigenvalue weighted by Crippen LogP contribution is 2.38. The van der Waals surface area contributed by atoms with E-state index in [1.807, 2.05) is 46.8 Å². The number of anilines is 1. The number of amides is 1. The Balaban J connectivity index is 1.91. The maximum atomic E-state index is 13.0. The zero-order chi connectivity index (χ0) is 21.0.